The predicted octanol–water partition coefficient (Wildman–Crippen LogP) is 5.79. The largest absolute Gasteiger partial charge is 0.456 e. The van der Waals surface area contributed by atoms with Crippen molar-refractivity contribution in [1.82, 2.24) is 4.72 Å². The zero-order chi connectivity index (χ0) is 21.0. The molecule has 0 saturated heterocycles. The topological polar surface area (TPSA) is 79.2 Å². The van der Waals surface area contributed by atoms with Crippen molar-refractivity contribution in [3.05, 3.63) is 86.9 Å². The average Bonchev–Trinajstić information content (AvgIpc) is 2.68. The van der Waals surface area contributed by atoms with Gasteiger partial charge in [-0.05, 0) is 48.5 Å². The maximum Gasteiger partial charge on any atom is 0.240 e. The van der Waals surface area contributed by atoms with E-state index in [4.69, 9.17) is 39.5 Å². The summed E-state index contributed by atoms with van der Waals surface area (Å²) >= 11 is 18.1. The summed E-state index contributed by atoms with van der Waals surface area (Å²) in [6, 6.07) is 17.5. The van der Waals surface area contributed by atoms with Gasteiger partial charge in [-0.3, -0.25) is 0 Å². The molecule has 148 valence electrons. The van der Waals surface area contributed by atoms with Gasteiger partial charge in [0.25, 0.3) is 0 Å². The molecule has 0 aliphatic carbocycles. The van der Waals surface area contributed by atoms with E-state index < -0.39 is 10.0 Å². The first-order valence-electron chi connectivity index (χ1n) is 8.21. The summed E-state index contributed by atoms with van der Waals surface area (Å²) in [4.78, 5) is 0.0413. The fraction of sp³-hybridized carbons (Fsp3) is 0.0500. The molecule has 0 aromatic heterocycles. The Kier molecular flexibility index (Phi) is 6.68. The summed E-state index contributed by atoms with van der Waals surface area (Å²) < 4.78 is 33.2. The van der Waals surface area contributed by atoms with Crippen LogP contribution in [0.4, 0.5) is 0 Å². The van der Waals surface area contributed by atoms with Gasteiger partial charge in [0.05, 0.1) is 9.92 Å². The molecule has 0 amide bonds. The van der Waals surface area contributed by atoms with Crippen LogP contribution in [-0.2, 0) is 16.6 Å². The molecule has 3 aromatic rings. The number of hydrogen-bond acceptors (Lipinski definition) is 4. The van der Waals surface area contributed by atoms with Gasteiger partial charge in [-0.1, -0.05) is 46.9 Å². The minimum absolute atomic E-state index is 0.0413. The van der Waals surface area contributed by atoms with Crippen LogP contribution in [0.5, 0.6) is 11.5 Å². The Balaban J connectivity index is 1.76. The Hall–Kier alpha value is -2.27. The Labute approximate surface area is 183 Å². The van der Waals surface area contributed by atoms with E-state index in [0.717, 1.165) is 0 Å². The van der Waals surface area contributed by atoms with Crippen LogP contribution in [0.2, 0.25) is 15.1 Å². The SMILES string of the molecule is N#Cc1c(Cl)cccc1Oc1ccc(S(=O)(=O)NCc2c(Cl)cccc2Cl)cc1. The van der Waals surface area contributed by atoms with E-state index in [1.807, 2.05) is 6.07 Å². The molecular formula is C20H13Cl3N2O3S. The van der Waals surface area contributed by atoms with Gasteiger partial charge >= 0.3 is 0 Å². The highest BCUT2D eigenvalue weighted by Crippen LogP contribution is 2.30. The fourth-order valence-corrected chi connectivity index (χ4v) is 4.20. The predicted molar refractivity (Wildman–Crippen MR) is 113 cm³/mol. The van der Waals surface area contributed by atoms with E-state index in [9.17, 15) is 13.7 Å². The Morgan fingerprint density at radius 3 is 2.10 bits per heavy atom. The number of benzene rings is 3. The number of nitriles is 1. The second-order valence-electron chi connectivity index (χ2n) is 5.82. The van der Waals surface area contributed by atoms with Crippen molar-refractivity contribution in [2.24, 2.45) is 0 Å². The molecule has 1 N–H and O–H groups in total. The molecule has 0 bridgehead atoms. The molecule has 9 heteroatoms. The van der Waals surface area contributed by atoms with Crippen LogP contribution in [0, 0.1) is 11.3 Å². The molecular weight excluding hydrogens is 455 g/mol. The minimum Gasteiger partial charge on any atom is -0.456 e. The highest BCUT2D eigenvalue weighted by molar-refractivity contribution is 7.89. The third-order valence-corrected chi connectivity index (χ3v) is 6.39. The Morgan fingerprint density at radius 1 is 0.897 bits per heavy atom. The molecule has 3 rings (SSSR count). The lowest BCUT2D eigenvalue weighted by atomic mass is 10.2. The van der Waals surface area contributed by atoms with Crippen molar-refractivity contribution in [3.63, 3.8) is 0 Å². The van der Waals surface area contributed by atoms with Gasteiger partial charge in [0, 0.05) is 22.2 Å². The van der Waals surface area contributed by atoms with Crippen LogP contribution in [-0.4, -0.2) is 8.42 Å². The number of nitrogens with zero attached hydrogens (tertiary/aromatic N) is 1. The molecule has 0 spiro atoms. The summed E-state index contributed by atoms with van der Waals surface area (Å²) in [6.07, 6.45) is 0. The van der Waals surface area contributed by atoms with Gasteiger partial charge in [-0.25, -0.2) is 13.1 Å². The number of sulfonamides is 1. The lowest BCUT2D eigenvalue weighted by Gasteiger charge is -2.11. The summed E-state index contributed by atoms with van der Waals surface area (Å²) in [6.45, 7) is -0.0485. The van der Waals surface area contributed by atoms with E-state index in [2.05, 4.69) is 4.72 Å². The third-order valence-electron chi connectivity index (χ3n) is 3.95. The standard InChI is InChI=1S/C20H13Cl3N2O3S/c21-17-5-2-6-20(15(17)11-24)28-13-7-9-14(10-8-13)29(26,27)25-12-16-18(22)3-1-4-19(16)23/h1-10,25H,12H2. The van der Waals surface area contributed by atoms with Crippen molar-refractivity contribution in [2.75, 3.05) is 0 Å². The van der Waals surface area contributed by atoms with E-state index in [1.165, 1.54) is 24.3 Å². The molecule has 5 nitrogen and oxygen atoms in total. The maximum absolute atomic E-state index is 12.5. The van der Waals surface area contributed by atoms with Crippen molar-refractivity contribution in [1.29, 1.82) is 5.26 Å². The first-order chi connectivity index (χ1) is 13.8. The summed E-state index contributed by atoms with van der Waals surface area (Å²) in [5, 5.41) is 10.2. The van der Waals surface area contributed by atoms with Crippen LogP contribution in [0.1, 0.15) is 11.1 Å². The maximum atomic E-state index is 12.5. The monoisotopic (exact) mass is 466 g/mol. The van der Waals surface area contributed by atoms with E-state index in [0.29, 0.717) is 21.4 Å². The molecule has 0 heterocycles. The quantitative estimate of drug-likeness (QED) is 0.497. The van der Waals surface area contributed by atoms with Crippen molar-refractivity contribution in [2.45, 2.75) is 11.4 Å². The van der Waals surface area contributed by atoms with Crippen LogP contribution >= 0.6 is 34.8 Å². The van der Waals surface area contributed by atoms with Crippen LogP contribution in [0.3, 0.4) is 0 Å². The molecule has 0 atom stereocenters. The lowest BCUT2D eigenvalue weighted by molar-refractivity contribution is 0.480. The molecule has 0 radical (unpaired) electrons. The molecule has 0 fully saturated rings. The Bertz CT molecular complexity index is 1170. The van der Waals surface area contributed by atoms with E-state index in [-0.39, 0.29) is 27.8 Å². The zero-order valence-electron chi connectivity index (χ0n) is 14.7. The highest BCUT2D eigenvalue weighted by Gasteiger charge is 2.16. The van der Waals surface area contributed by atoms with Gasteiger partial charge < -0.3 is 4.74 Å². The molecule has 3 aromatic carbocycles. The number of halogens is 3. The van der Waals surface area contributed by atoms with Crippen LogP contribution in [0.15, 0.2) is 65.6 Å². The first-order valence-corrected chi connectivity index (χ1v) is 10.8. The summed E-state index contributed by atoms with van der Waals surface area (Å²) in [5.41, 5.74) is 0.688. The normalized spacial score (nSPS) is 11.1. The van der Waals surface area contributed by atoms with Crippen molar-refractivity contribution in [3.8, 4) is 17.6 Å². The zero-order valence-corrected chi connectivity index (χ0v) is 17.8. The van der Waals surface area contributed by atoms with Gasteiger partial charge in [0.2, 0.25) is 10.0 Å². The smallest absolute Gasteiger partial charge is 0.240 e. The van der Waals surface area contributed by atoms with Gasteiger partial charge in [-0.2, -0.15) is 5.26 Å². The van der Waals surface area contributed by atoms with Crippen LogP contribution in [0.25, 0.3) is 0 Å². The molecule has 0 saturated carbocycles. The summed E-state index contributed by atoms with van der Waals surface area (Å²) in [5.74, 6) is 0.638. The van der Waals surface area contributed by atoms with Crippen LogP contribution < -0.4 is 9.46 Å². The number of ether oxygens (including phenoxy) is 1. The average molecular weight is 468 g/mol. The molecule has 0 aliphatic heterocycles. The lowest BCUT2D eigenvalue weighted by Crippen LogP contribution is -2.23. The van der Waals surface area contributed by atoms with E-state index in [1.54, 1.807) is 36.4 Å². The minimum atomic E-state index is -3.80. The number of rotatable bonds is 6. The van der Waals surface area contributed by atoms with Crippen molar-refractivity contribution >= 4 is 44.8 Å². The number of nitrogens with one attached hydrogen (secondary N) is 1. The molecule has 0 unspecified atom stereocenters. The molecule has 29 heavy (non-hydrogen) atoms. The number of hydrogen-bond donors (Lipinski definition) is 1. The summed E-state index contributed by atoms with van der Waals surface area (Å²) in [7, 11) is -3.80. The fourth-order valence-electron chi connectivity index (χ4n) is 2.46. The first kappa shape index (κ1) is 21.4. The van der Waals surface area contributed by atoms with Crippen molar-refractivity contribution < 1.29 is 13.2 Å². The molecule has 0 aliphatic rings. The van der Waals surface area contributed by atoms with Gasteiger partial charge in [0.1, 0.15) is 23.1 Å². The Morgan fingerprint density at radius 2 is 1.48 bits per heavy atom. The van der Waals surface area contributed by atoms with Gasteiger partial charge in [0.15, 0.2) is 0 Å². The van der Waals surface area contributed by atoms with Gasteiger partial charge in [-0.15, -0.1) is 0 Å². The second-order valence-corrected chi connectivity index (χ2v) is 8.81. The second kappa shape index (κ2) is 9.04. The third kappa shape index (κ3) is 5.02. The van der Waals surface area contributed by atoms with E-state index >= 15 is 0 Å². The highest BCUT2D eigenvalue weighted by atomic mass is 35.5.